The number of aromatic nitrogens is 1. The molecule has 1 aromatic carbocycles. The second-order valence-electron chi connectivity index (χ2n) is 3.78. The van der Waals surface area contributed by atoms with Gasteiger partial charge in [0.25, 0.3) is 5.91 Å². The van der Waals surface area contributed by atoms with Crippen molar-refractivity contribution in [1.29, 1.82) is 0 Å². The molecule has 2 aromatic rings. The van der Waals surface area contributed by atoms with Crippen molar-refractivity contribution in [3.63, 3.8) is 0 Å². The third-order valence-corrected chi connectivity index (χ3v) is 2.77. The number of benzene rings is 1. The quantitative estimate of drug-likeness (QED) is 0.912. The van der Waals surface area contributed by atoms with Crippen LogP contribution in [-0.2, 0) is 0 Å². The summed E-state index contributed by atoms with van der Waals surface area (Å²) in [6.45, 7) is 0. The normalized spacial score (nSPS) is 10.1. The number of carbonyl (C=O) groups is 2. The molecule has 0 bridgehead atoms. The minimum absolute atomic E-state index is 0.0525. The Morgan fingerprint density at radius 3 is 2.70 bits per heavy atom. The molecule has 1 heterocycles. The average Bonchev–Trinajstić information content (AvgIpc) is 2.41. The van der Waals surface area contributed by atoms with Crippen LogP contribution in [0, 0.1) is 5.82 Å². The Labute approximate surface area is 118 Å². The topological polar surface area (TPSA) is 79.3 Å². The number of aromatic carboxylic acids is 1. The van der Waals surface area contributed by atoms with Gasteiger partial charge in [-0.15, -0.1) is 0 Å². The molecule has 0 radical (unpaired) electrons. The number of amides is 1. The van der Waals surface area contributed by atoms with E-state index in [1.807, 2.05) is 0 Å². The molecule has 1 amide bonds. The summed E-state index contributed by atoms with van der Waals surface area (Å²) in [6, 6.07) is 6.03. The van der Waals surface area contributed by atoms with Gasteiger partial charge in [-0.2, -0.15) is 0 Å². The number of carbonyl (C=O) groups excluding carboxylic acids is 1. The molecule has 2 rings (SSSR count). The first-order chi connectivity index (χ1) is 9.49. The number of carboxylic acids is 1. The molecule has 0 fully saturated rings. The smallest absolute Gasteiger partial charge is 0.339 e. The molecular formula is C13H8ClFN2O3. The fraction of sp³-hybridized carbons (Fsp3) is 0. The second kappa shape index (κ2) is 5.66. The van der Waals surface area contributed by atoms with Crippen LogP contribution in [0.25, 0.3) is 0 Å². The highest BCUT2D eigenvalue weighted by Crippen LogP contribution is 2.19. The predicted octanol–water partition coefficient (Wildman–Crippen LogP) is 2.82. The lowest BCUT2D eigenvalue weighted by Gasteiger charge is -2.08. The zero-order valence-corrected chi connectivity index (χ0v) is 10.7. The van der Waals surface area contributed by atoms with Crippen LogP contribution in [0.2, 0.25) is 5.02 Å². The minimum Gasteiger partial charge on any atom is -0.478 e. The zero-order valence-electron chi connectivity index (χ0n) is 9.93. The summed E-state index contributed by atoms with van der Waals surface area (Å²) >= 11 is 5.80. The van der Waals surface area contributed by atoms with Crippen LogP contribution in [0.1, 0.15) is 20.7 Å². The Hall–Kier alpha value is -2.47. The molecule has 0 saturated carbocycles. The molecule has 0 aliphatic heterocycles. The van der Waals surface area contributed by atoms with Gasteiger partial charge in [-0.05, 0) is 30.3 Å². The van der Waals surface area contributed by atoms with E-state index in [0.717, 1.165) is 12.1 Å². The van der Waals surface area contributed by atoms with Crippen molar-refractivity contribution in [1.82, 2.24) is 4.98 Å². The van der Waals surface area contributed by atoms with Crippen LogP contribution in [-0.4, -0.2) is 22.0 Å². The van der Waals surface area contributed by atoms with Gasteiger partial charge in [0.05, 0.1) is 10.6 Å². The Morgan fingerprint density at radius 1 is 1.25 bits per heavy atom. The highest BCUT2D eigenvalue weighted by Gasteiger charge is 2.16. The van der Waals surface area contributed by atoms with Crippen molar-refractivity contribution in [2.75, 3.05) is 5.32 Å². The third kappa shape index (κ3) is 2.92. The number of rotatable bonds is 3. The van der Waals surface area contributed by atoms with Crippen molar-refractivity contribution in [3.8, 4) is 0 Å². The van der Waals surface area contributed by atoms with Gasteiger partial charge in [0, 0.05) is 6.20 Å². The molecular weight excluding hydrogens is 287 g/mol. The van der Waals surface area contributed by atoms with Gasteiger partial charge < -0.3 is 10.4 Å². The van der Waals surface area contributed by atoms with E-state index >= 15 is 0 Å². The van der Waals surface area contributed by atoms with E-state index in [-0.39, 0.29) is 22.0 Å². The van der Waals surface area contributed by atoms with Gasteiger partial charge in [0.1, 0.15) is 17.2 Å². The molecule has 2 N–H and O–H groups in total. The Bertz CT molecular complexity index is 691. The Morgan fingerprint density at radius 2 is 2.00 bits per heavy atom. The second-order valence-corrected chi connectivity index (χ2v) is 4.19. The molecule has 20 heavy (non-hydrogen) atoms. The molecule has 5 nitrogen and oxygen atoms in total. The predicted molar refractivity (Wildman–Crippen MR) is 70.6 cm³/mol. The molecule has 102 valence electrons. The highest BCUT2D eigenvalue weighted by molar-refractivity contribution is 6.34. The van der Waals surface area contributed by atoms with Gasteiger partial charge in [0.15, 0.2) is 0 Å². The van der Waals surface area contributed by atoms with E-state index in [4.69, 9.17) is 16.7 Å². The fourth-order valence-corrected chi connectivity index (χ4v) is 1.73. The summed E-state index contributed by atoms with van der Waals surface area (Å²) in [7, 11) is 0. The number of nitrogens with zero attached hydrogens (tertiary/aromatic N) is 1. The SMILES string of the molecule is O=C(Nc1ncccc1C(=O)O)c1cc(F)ccc1Cl. The van der Waals surface area contributed by atoms with E-state index in [1.54, 1.807) is 0 Å². The van der Waals surface area contributed by atoms with Crippen molar-refractivity contribution < 1.29 is 19.1 Å². The van der Waals surface area contributed by atoms with Crippen molar-refractivity contribution in [2.24, 2.45) is 0 Å². The summed E-state index contributed by atoms with van der Waals surface area (Å²) in [5.41, 5.74) is -0.276. The molecule has 1 aromatic heterocycles. The van der Waals surface area contributed by atoms with E-state index in [0.29, 0.717) is 0 Å². The first-order valence-electron chi connectivity index (χ1n) is 5.44. The molecule has 0 aliphatic rings. The van der Waals surface area contributed by atoms with Gasteiger partial charge in [0.2, 0.25) is 0 Å². The van der Waals surface area contributed by atoms with Crippen molar-refractivity contribution in [3.05, 3.63) is 58.5 Å². The maximum atomic E-state index is 13.1. The van der Waals surface area contributed by atoms with Crippen LogP contribution in [0.5, 0.6) is 0 Å². The molecule has 0 saturated heterocycles. The molecule has 0 atom stereocenters. The largest absolute Gasteiger partial charge is 0.478 e. The maximum Gasteiger partial charge on any atom is 0.339 e. The van der Waals surface area contributed by atoms with Crippen LogP contribution < -0.4 is 5.32 Å². The number of anilines is 1. The number of carboxylic acid groups (broad SMARTS) is 1. The van der Waals surface area contributed by atoms with E-state index in [2.05, 4.69) is 10.3 Å². The highest BCUT2D eigenvalue weighted by atomic mass is 35.5. The summed E-state index contributed by atoms with van der Waals surface area (Å²) < 4.78 is 13.1. The van der Waals surface area contributed by atoms with Gasteiger partial charge in [-0.1, -0.05) is 11.6 Å². The lowest BCUT2D eigenvalue weighted by Crippen LogP contribution is -2.16. The summed E-state index contributed by atoms with van der Waals surface area (Å²) in [5, 5.41) is 11.3. The summed E-state index contributed by atoms with van der Waals surface area (Å²) in [5.74, 6) is -2.74. The number of halogens is 2. The lowest BCUT2D eigenvalue weighted by molar-refractivity contribution is 0.0697. The lowest BCUT2D eigenvalue weighted by atomic mass is 10.2. The number of hydrogen-bond acceptors (Lipinski definition) is 3. The molecule has 0 aliphatic carbocycles. The Balaban J connectivity index is 2.33. The third-order valence-electron chi connectivity index (χ3n) is 2.44. The standard InChI is InChI=1S/C13H8ClFN2O3/c14-10-4-3-7(15)6-9(10)12(18)17-11-8(13(19)20)2-1-5-16-11/h1-6H,(H,19,20)(H,16,17,18). The fourth-order valence-electron chi connectivity index (χ4n) is 1.52. The minimum atomic E-state index is -1.24. The monoisotopic (exact) mass is 294 g/mol. The van der Waals surface area contributed by atoms with Crippen LogP contribution >= 0.6 is 11.6 Å². The van der Waals surface area contributed by atoms with Crippen LogP contribution in [0.15, 0.2) is 36.5 Å². The zero-order chi connectivity index (χ0) is 14.7. The average molecular weight is 295 g/mol. The van der Waals surface area contributed by atoms with Crippen LogP contribution in [0.3, 0.4) is 0 Å². The van der Waals surface area contributed by atoms with E-state index in [9.17, 15) is 14.0 Å². The van der Waals surface area contributed by atoms with E-state index < -0.39 is 17.7 Å². The maximum absolute atomic E-state index is 13.1. The summed E-state index contributed by atoms with van der Waals surface area (Å²) in [6.07, 6.45) is 1.33. The summed E-state index contributed by atoms with van der Waals surface area (Å²) in [4.78, 5) is 26.7. The number of hydrogen-bond donors (Lipinski definition) is 2. The van der Waals surface area contributed by atoms with Crippen molar-refractivity contribution >= 4 is 29.3 Å². The first-order valence-corrected chi connectivity index (χ1v) is 5.81. The van der Waals surface area contributed by atoms with Gasteiger partial charge in [-0.3, -0.25) is 4.79 Å². The van der Waals surface area contributed by atoms with Crippen molar-refractivity contribution in [2.45, 2.75) is 0 Å². The van der Waals surface area contributed by atoms with Gasteiger partial charge >= 0.3 is 5.97 Å². The van der Waals surface area contributed by atoms with Gasteiger partial charge in [-0.25, -0.2) is 14.2 Å². The Kier molecular flexibility index (Phi) is 3.95. The first kappa shape index (κ1) is 14.0. The number of pyridine rings is 1. The van der Waals surface area contributed by atoms with E-state index in [1.165, 1.54) is 24.4 Å². The number of nitrogens with one attached hydrogen (secondary N) is 1. The molecule has 7 heteroatoms. The molecule has 0 unspecified atom stereocenters. The molecule has 0 spiro atoms. The van der Waals surface area contributed by atoms with Crippen LogP contribution in [0.4, 0.5) is 10.2 Å².